The van der Waals surface area contributed by atoms with Gasteiger partial charge in [0.1, 0.15) is 0 Å². The van der Waals surface area contributed by atoms with Crippen molar-refractivity contribution in [3.8, 4) is 0 Å². The van der Waals surface area contributed by atoms with Crippen LogP contribution in [0.25, 0.3) is 10.2 Å². The Bertz CT molecular complexity index is 766. The van der Waals surface area contributed by atoms with Crippen molar-refractivity contribution in [1.82, 2.24) is 10.3 Å². The van der Waals surface area contributed by atoms with Gasteiger partial charge in [0.2, 0.25) is 0 Å². The van der Waals surface area contributed by atoms with E-state index in [0.29, 0.717) is 17.1 Å². The van der Waals surface area contributed by atoms with Crippen LogP contribution in [-0.4, -0.2) is 11.0 Å². The maximum atomic E-state index is 5.75. The number of nitrogen functional groups attached to an aromatic ring is 1. The molecule has 1 saturated carbocycles. The number of hydrogen-bond donors (Lipinski definition) is 2. The third kappa shape index (κ3) is 2.64. The van der Waals surface area contributed by atoms with Gasteiger partial charge in [-0.25, -0.2) is 4.98 Å². The molecule has 4 rings (SSSR count). The zero-order chi connectivity index (χ0) is 14.2. The molecule has 0 aliphatic heterocycles. The van der Waals surface area contributed by atoms with Crippen molar-refractivity contribution in [2.45, 2.75) is 24.9 Å². The van der Waals surface area contributed by atoms with Crippen molar-refractivity contribution in [3.05, 3.63) is 59.7 Å². The molecule has 2 aromatic carbocycles. The van der Waals surface area contributed by atoms with Gasteiger partial charge in [-0.15, -0.1) is 0 Å². The Morgan fingerprint density at radius 1 is 1.19 bits per heavy atom. The van der Waals surface area contributed by atoms with E-state index in [0.717, 1.165) is 12.1 Å². The number of nitrogens with zero attached hydrogens (tertiary/aromatic N) is 1. The summed E-state index contributed by atoms with van der Waals surface area (Å²) in [4.78, 5) is 4.29. The fourth-order valence-electron chi connectivity index (χ4n) is 2.83. The first-order chi connectivity index (χ1) is 10.3. The third-order valence-corrected chi connectivity index (χ3v) is 4.90. The summed E-state index contributed by atoms with van der Waals surface area (Å²) < 4.78 is 1.17. The minimum Gasteiger partial charge on any atom is -0.375 e. The molecule has 0 saturated heterocycles. The normalized spacial score (nSPS) is 20.8. The van der Waals surface area contributed by atoms with Crippen LogP contribution >= 0.6 is 11.3 Å². The second kappa shape index (κ2) is 5.13. The van der Waals surface area contributed by atoms with E-state index in [-0.39, 0.29) is 0 Å². The number of thiazole rings is 1. The summed E-state index contributed by atoms with van der Waals surface area (Å²) in [5, 5.41) is 4.29. The molecule has 2 atom stereocenters. The number of benzene rings is 2. The van der Waals surface area contributed by atoms with Gasteiger partial charge in [-0.05, 0) is 29.7 Å². The largest absolute Gasteiger partial charge is 0.375 e. The average Bonchev–Trinajstić information content (AvgIpc) is 3.19. The molecule has 0 amide bonds. The summed E-state index contributed by atoms with van der Waals surface area (Å²) in [6.45, 7) is 0.905. The Morgan fingerprint density at radius 2 is 2.05 bits per heavy atom. The molecule has 1 fully saturated rings. The van der Waals surface area contributed by atoms with Crippen LogP contribution in [0.5, 0.6) is 0 Å². The van der Waals surface area contributed by atoms with E-state index >= 15 is 0 Å². The SMILES string of the molecule is Nc1nc2ccc(CNC3CC3c3ccccc3)cc2s1. The van der Waals surface area contributed by atoms with Crippen LogP contribution in [0.2, 0.25) is 0 Å². The lowest BCUT2D eigenvalue weighted by Gasteiger charge is -2.05. The third-order valence-electron chi connectivity index (χ3n) is 4.06. The second-order valence-corrected chi connectivity index (χ2v) is 6.66. The Balaban J connectivity index is 1.40. The highest BCUT2D eigenvalue weighted by Gasteiger charge is 2.37. The first-order valence-electron chi connectivity index (χ1n) is 7.23. The van der Waals surface area contributed by atoms with Gasteiger partial charge in [0.15, 0.2) is 5.13 Å². The van der Waals surface area contributed by atoms with E-state index in [1.54, 1.807) is 11.3 Å². The van der Waals surface area contributed by atoms with Crippen LogP contribution in [0.1, 0.15) is 23.5 Å². The van der Waals surface area contributed by atoms with Crippen molar-refractivity contribution in [2.75, 3.05) is 5.73 Å². The quantitative estimate of drug-likeness (QED) is 0.774. The first kappa shape index (κ1) is 12.8. The average molecular weight is 295 g/mol. The molecular weight excluding hydrogens is 278 g/mol. The number of aromatic nitrogens is 1. The zero-order valence-electron chi connectivity index (χ0n) is 11.6. The number of hydrogen-bond acceptors (Lipinski definition) is 4. The van der Waals surface area contributed by atoms with E-state index in [9.17, 15) is 0 Å². The highest BCUT2D eigenvalue weighted by molar-refractivity contribution is 7.22. The van der Waals surface area contributed by atoms with E-state index in [2.05, 4.69) is 58.8 Å². The maximum absolute atomic E-state index is 5.75. The Kier molecular flexibility index (Phi) is 3.13. The summed E-state index contributed by atoms with van der Waals surface area (Å²) in [6.07, 6.45) is 1.24. The molecule has 4 heteroatoms. The van der Waals surface area contributed by atoms with Crippen molar-refractivity contribution >= 4 is 26.7 Å². The van der Waals surface area contributed by atoms with Crippen LogP contribution in [0, 0.1) is 0 Å². The van der Waals surface area contributed by atoms with E-state index in [4.69, 9.17) is 5.73 Å². The molecule has 106 valence electrons. The molecule has 3 aromatic rings. The van der Waals surface area contributed by atoms with Gasteiger partial charge in [-0.1, -0.05) is 47.7 Å². The van der Waals surface area contributed by atoms with Gasteiger partial charge in [-0.2, -0.15) is 0 Å². The van der Waals surface area contributed by atoms with Gasteiger partial charge < -0.3 is 11.1 Å². The number of rotatable bonds is 4. The lowest BCUT2D eigenvalue weighted by molar-refractivity contribution is 0.673. The predicted molar refractivity (Wildman–Crippen MR) is 88.5 cm³/mol. The van der Waals surface area contributed by atoms with Crippen molar-refractivity contribution in [1.29, 1.82) is 0 Å². The maximum Gasteiger partial charge on any atom is 0.181 e. The summed E-state index contributed by atoms with van der Waals surface area (Å²) in [5.41, 5.74) is 9.48. The lowest BCUT2D eigenvalue weighted by Crippen LogP contribution is -2.17. The van der Waals surface area contributed by atoms with Gasteiger partial charge in [0.25, 0.3) is 0 Å². The molecule has 0 bridgehead atoms. The van der Waals surface area contributed by atoms with E-state index in [1.165, 1.54) is 22.2 Å². The Labute approximate surface area is 127 Å². The standard InChI is InChI=1S/C17H17N3S/c18-17-20-14-7-6-11(8-16(14)21-17)10-19-15-9-13(15)12-4-2-1-3-5-12/h1-8,13,15,19H,9-10H2,(H2,18,20). The zero-order valence-corrected chi connectivity index (χ0v) is 12.4. The van der Waals surface area contributed by atoms with Crippen molar-refractivity contribution < 1.29 is 0 Å². The minimum atomic E-state index is 0.606. The van der Waals surface area contributed by atoms with Gasteiger partial charge in [-0.3, -0.25) is 0 Å². The van der Waals surface area contributed by atoms with E-state index < -0.39 is 0 Å². The minimum absolute atomic E-state index is 0.606. The molecule has 1 aliphatic carbocycles. The highest BCUT2D eigenvalue weighted by atomic mass is 32.1. The summed E-state index contributed by atoms with van der Waals surface area (Å²) >= 11 is 1.55. The molecule has 3 nitrogen and oxygen atoms in total. The second-order valence-electron chi connectivity index (χ2n) is 5.59. The van der Waals surface area contributed by atoms with Gasteiger partial charge in [0, 0.05) is 18.5 Å². The molecular formula is C17H17N3S. The number of anilines is 1. The highest BCUT2D eigenvalue weighted by Crippen LogP contribution is 2.40. The number of fused-ring (bicyclic) bond motifs is 1. The molecule has 1 heterocycles. The predicted octanol–water partition coefficient (Wildman–Crippen LogP) is 3.52. The molecule has 1 aliphatic rings. The van der Waals surface area contributed by atoms with Crippen LogP contribution in [0.4, 0.5) is 5.13 Å². The molecule has 0 spiro atoms. The number of nitrogens with one attached hydrogen (secondary N) is 1. The van der Waals surface area contributed by atoms with Crippen molar-refractivity contribution in [2.24, 2.45) is 0 Å². The van der Waals surface area contributed by atoms with Crippen LogP contribution < -0.4 is 11.1 Å². The van der Waals surface area contributed by atoms with Crippen LogP contribution in [-0.2, 0) is 6.54 Å². The summed E-state index contributed by atoms with van der Waals surface area (Å²) in [6, 6.07) is 17.7. The molecule has 3 N–H and O–H groups in total. The molecule has 2 unspecified atom stereocenters. The van der Waals surface area contributed by atoms with Gasteiger partial charge >= 0.3 is 0 Å². The smallest absolute Gasteiger partial charge is 0.181 e. The summed E-state index contributed by atoms with van der Waals surface area (Å²) in [7, 11) is 0. The topological polar surface area (TPSA) is 50.9 Å². The fraction of sp³-hybridized carbons (Fsp3) is 0.235. The molecule has 0 radical (unpaired) electrons. The molecule has 21 heavy (non-hydrogen) atoms. The van der Waals surface area contributed by atoms with E-state index in [1.807, 2.05) is 0 Å². The monoisotopic (exact) mass is 295 g/mol. The Hall–Kier alpha value is -1.91. The van der Waals surface area contributed by atoms with Crippen molar-refractivity contribution in [3.63, 3.8) is 0 Å². The number of nitrogens with two attached hydrogens (primary N) is 1. The first-order valence-corrected chi connectivity index (χ1v) is 8.04. The van der Waals surface area contributed by atoms with Crippen LogP contribution in [0.15, 0.2) is 48.5 Å². The summed E-state index contributed by atoms with van der Waals surface area (Å²) in [5.74, 6) is 0.675. The Morgan fingerprint density at radius 3 is 2.90 bits per heavy atom. The van der Waals surface area contributed by atoms with Crippen LogP contribution in [0.3, 0.4) is 0 Å². The lowest BCUT2D eigenvalue weighted by atomic mass is 10.1. The molecule has 1 aromatic heterocycles. The van der Waals surface area contributed by atoms with Gasteiger partial charge in [0.05, 0.1) is 10.2 Å². The fourth-order valence-corrected chi connectivity index (χ4v) is 3.63.